The summed E-state index contributed by atoms with van der Waals surface area (Å²) in [4.78, 5) is 80.1. The number of hydrogen-bond donors (Lipinski definition) is 0. The lowest BCUT2D eigenvalue weighted by Crippen LogP contribution is -2.61. The first kappa shape index (κ1) is 36.7. The third-order valence-corrected chi connectivity index (χ3v) is 18.7. The van der Waals surface area contributed by atoms with E-state index < -0.39 is 33.4 Å². The van der Waals surface area contributed by atoms with Crippen LogP contribution < -0.4 is 0 Å². The Morgan fingerprint density at radius 3 is 1.76 bits per heavy atom. The zero-order valence-corrected chi connectivity index (χ0v) is 33.4. The van der Waals surface area contributed by atoms with E-state index in [1.54, 1.807) is 13.8 Å². The van der Waals surface area contributed by atoms with Crippen LogP contribution in [0.15, 0.2) is 22.8 Å². The van der Waals surface area contributed by atoms with Crippen molar-refractivity contribution in [3.05, 3.63) is 22.8 Å². The summed E-state index contributed by atoms with van der Waals surface area (Å²) < 4.78 is 12.2. The van der Waals surface area contributed by atoms with Crippen molar-refractivity contribution in [3.8, 4) is 0 Å². The molecule has 0 aromatic rings. The van der Waals surface area contributed by atoms with Crippen LogP contribution in [-0.2, 0) is 38.2 Å². The van der Waals surface area contributed by atoms with Crippen LogP contribution in [0, 0.1) is 69.5 Å². The first-order valence-electron chi connectivity index (χ1n) is 21.4. The summed E-state index contributed by atoms with van der Waals surface area (Å²) in [5, 5.41) is 0. The van der Waals surface area contributed by atoms with Crippen LogP contribution in [0.25, 0.3) is 0 Å². The van der Waals surface area contributed by atoms with Crippen molar-refractivity contribution in [2.75, 3.05) is 0 Å². The number of ether oxygens (including phenoxy) is 2. The van der Waals surface area contributed by atoms with Crippen molar-refractivity contribution in [2.45, 2.75) is 155 Å². The molecular weight excluding hydrogens is 680 g/mol. The quantitative estimate of drug-likeness (QED) is 0.210. The number of ketones is 4. The SMILES string of the molecule is CC(=O)O[C@]1(C(C)=O)CC[C@H]2[C@@H]3C[C@]4(CCC5=C6[C@H]4C(=O)CC[C@@H]6[C@H]4CC[C@@]6(C)[C@@H](CC[C@]6(OC(C)=O)C(C)=O)[C@@H]4C5)C4=CC(=O)CC[C@@H]4[C@H]3CC[C@@]21C. The number of hydrogen-bond acceptors (Lipinski definition) is 8. The van der Waals surface area contributed by atoms with Crippen molar-refractivity contribution in [1.82, 2.24) is 0 Å². The Morgan fingerprint density at radius 1 is 0.630 bits per heavy atom. The zero-order valence-electron chi connectivity index (χ0n) is 33.4. The fraction of sp³-hybridized carbons (Fsp3) is 0.783. The molecule has 6 saturated carbocycles. The monoisotopic (exact) mass is 740 g/mol. The molecular formula is C46H60O8. The highest BCUT2D eigenvalue weighted by molar-refractivity contribution is 5.93. The van der Waals surface area contributed by atoms with Crippen LogP contribution in [0.2, 0.25) is 0 Å². The number of rotatable bonds is 4. The second-order valence-electron chi connectivity index (χ2n) is 20.2. The van der Waals surface area contributed by atoms with Crippen LogP contribution in [0.5, 0.6) is 0 Å². The Morgan fingerprint density at radius 2 is 1.19 bits per heavy atom. The molecule has 6 fully saturated rings. The molecule has 0 unspecified atom stereocenters. The Balaban J connectivity index is 1.12. The highest BCUT2D eigenvalue weighted by Crippen LogP contribution is 2.74. The van der Waals surface area contributed by atoms with Crippen LogP contribution in [0.4, 0.5) is 0 Å². The highest BCUT2D eigenvalue weighted by Gasteiger charge is 2.71. The number of allylic oxidation sites excluding steroid dienone is 3. The Labute approximate surface area is 320 Å². The van der Waals surface area contributed by atoms with Gasteiger partial charge in [0.2, 0.25) is 0 Å². The molecule has 292 valence electrons. The van der Waals surface area contributed by atoms with E-state index in [0.717, 1.165) is 77.0 Å². The second kappa shape index (κ2) is 12.1. The van der Waals surface area contributed by atoms with Gasteiger partial charge in [0.05, 0.1) is 0 Å². The molecule has 0 bridgehead atoms. The molecule has 0 heterocycles. The minimum atomic E-state index is -1.11. The van der Waals surface area contributed by atoms with Gasteiger partial charge in [-0.05, 0) is 157 Å². The van der Waals surface area contributed by atoms with Gasteiger partial charge in [-0.3, -0.25) is 28.8 Å². The first-order chi connectivity index (χ1) is 25.5. The van der Waals surface area contributed by atoms with Crippen molar-refractivity contribution < 1.29 is 38.2 Å². The summed E-state index contributed by atoms with van der Waals surface area (Å²) in [6.45, 7) is 10.5. The lowest BCUT2D eigenvalue weighted by Gasteiger charge is -2.64. The molecule has 0 radical (unpaired) electrons. The fourth-order valence-electron chi connectivity index (χ4n) is 16.8. The maximum Gasteiger partial charge on any atom is 0.303 e. The molecule has 0 amide bonds. The van der Waals surface area contributed by atoms with Gasteiger partial charge in [-0.15, -0.1) is 0 Å². The molecule has 0 aliphatic heterocycles. The molecule has 9 aliphatic rings. The minimum absolute atomic E-state index is 0.0327. The van der Waals surface area contributed by atoms with Gasteiger partial charge in [-0.1, -0.05) is 30.6 Å². The number of Topliss-reactive ketones (excluding diaryl/α,β-unsaturated/α-hetero) is 3. The van der Waals surface area contributed by atoms with Crippen LogP contribution in [-0.4, -0.2) is 46.3 Å². The average Bonchev–Trinajstić information content (AvgIpc) is 3.58. The van der Waals surface area contributed by atoms with E-state index >= 15 is 0 Å². The molecule has 14 atom stereocenters. The van der Waals surface area contributed by atoms with Gasteiger partial charge in [-0.2, -0.15) is 0 Å². The fourth-order valence-corrected chi connectivity index (χ4v) is 16.8. The average molecular weight is 741 g/mol. The van der Waals surface area contributed by atoms with Crippen molar-refractivity contribution in [1.29, 1.82) is 0 Å². The van der Waals surface area contributed by atoms with E-state index in [4.69, 9.17) is 9.47 Å². The van der Waals surface area contributed by atoms with E-state index in [2.05, 4.69) is 13.8 Å². The van der Waals surface area contributed by atoms with Gasteiger partial charge >= 0.3 is 11.9 Å². The Hall–Kier alpha value is -2.90. The van der Waals surface area contributed by atoms with Gasteiger partial charge in [0.15, 0.2) is 28.6 Å². The maximum atomic E-state index is 14.8. The summed E-state index contributed by atoms with van der Waals surface area (Å²) in [5.74, 6) is 2.03. The lowest BCUT2D eigenvalue weighted by molar-refractivity contribution is -0.188. The molecule has 0 aromatic heterocycles. The van der Waals surface area contributed by atoms with Crippen LogP contribution in [0.1, 0.15) is 144 Å². The summed E-state index contributed by atoms with van der Waals surface area (Å²) in [7, 11) is 0. The molecule has 9 rings (SSSR count). The summed E-state index contributed by atoms with van der Waals surface area (Å²) in [5.41, 5.74) is 0.692. The van der Waals surface area contributed by atoms with Crippen LogP contribution in [0.3, 0.4) is 0 Å². The maximum absolute atomic E-state index is 14.8. The predicted octanol–water partition coefficient (Wildman–Crippen LogP) is 8.04. The third kappa shape index (κ3) is 4.54. The zero-order chi connectivity index (χ0) is 38.3. The number of fused-ring (bicyclic) bond motifs is 11. The minimum Gasteiger partial charge on any atom is -0.451 e. The van der Waals surface area contributed by atoms with Crippen molar-refractivity contribution in [2.24, 2.45) is 69.5 Å². The van der Waals surface area contributed by atoms with Gasteiger partial charge in [-0.25, -0.2) is 0 Å². The predicted molar refractivity (Wildman–Crippen MR) is 199 cm³/mol. The largest absolute Gasteiger partial charge is 0.451 e. The number of esters is 2. The molecule has 9 aliphatic carbocycles. The van der Waals surface area contributed by atoms with E-state index in [0.29, 0.717) is 55.1 Å². The van der Waals surface area contributed by atoms with E-state index in [-0.39, 0.29) is 52.9 Å². The summed E-state index contributed by atoms with van der Waals surface area (Å²) in [6, 6.07) is 0. The van der Waals surface area contributed by atoms with Gasteiger partial charge in [0.1, 0.15) is 5.78 Å². The topological polar surface area (TPSA) is 121 Å². The molecule has 0 N–H and O–H groups in total. The Bertz CT molecular complexity index is 1820. The van der Waals surface area contributed by atoms with Gasteiger partial charge < -0.3 is 9.47 Å². The molecule has 8 nitrogen and oxygen atoms in total. The van der Waals surface area contributed by atoms with Crippen LogP contribution >= 0.6 is 0 Å². The number of carbonyl (C=O) groups is 6. The first-order valence-corrected chi connectivity index (χ1v) is 21.4. The highest BCUT2D eigenvalue weighted by atomic mass is 16.6. The summed E-state index contributed by atoms with van der Waals surface area (Å²) in [6.07, 6.45) is 14.8. The standard InChI is InChI=1S/C46H60O8/c1-24(47)45(53-26(3)49)19-14-36-34-21-28-11-18-44(41-39(52)10-9-33(40(28)41)31(34)13-17-42(36,45)5)23-35-30(32-8-7-29(51)22-38(32)44)12-16-43(6)37(35)15-20-46(43,25(2)48)54-27(4)50/h22,30-37,41H,7-21,23H2,1-6H3/t30-,31-,32-,33-,34-,35-,36+,37+,41-,42+,43+,44-,45+,46+/m1/s1. The molecule has 1 spiro atoms. The Kier molecular flexibility index (Phi) is 8.20. The van der Waals surface area contributed by atoms with Crippen molar-refractivity contribution >= 4 is 35.1 Å². The second-order valence-corrected chi connectivity index (χ2v) is 20.2. The molecule has 8 heteroatoms. The molecule has 0 saturated heterocycles. The smallest absolute Gasteiger partial charge is 0.303 e. The third-order valence-electron chi connectivity index (χ3n) is 18.7. The number of carbonyl (C=O) groups excluding carboxylic acids is 6. The van der Waals surface area contributed by atoms with E-state index in [9.17, 15) is 28.8 Å². The van der Waals surface area contributed by atoms with Crippen molar-refractivity contribution in [3.63, 3.8) is 0 Å². The van der Waals surface area contributed by atoms with E-state index in [1.807, 2.05) is 6.08 Å². The molecule has 54 heavy (non-hydrogen) atoms. The van der Waals surface area contributed by atoms with Gasteiger partial charge in [0.25, 0.3) is 0 Å². The van der Waals surface area contributed by atoms with E-state index in [1.165, 1.54) is 30.6 Å². The summed E-state index contributed by atoms with van der Waals surface area (Å²) >= 11 is 0. The lowest BCUT2D eigenvalue weighted by atomic mass is 9.39. The normalized spacial score (nSPS) is 48.7. The molecule has 0 aromatic carbocycles. The van der Waals surface area contributed by atoms with Gasteiger partial charge in [0, 0.05) is 48.9 Å².